The van der Waals surface area contributed by atoms with Gasteiger partial charge in [0.25, 0.3) is 0 Å². The minimum Gasteiger partial charge on any atom is -0.428 e. The molecule has 0 aromatic heterocycles. The van der Waals surface area contributed by atoms with Gasteiger partial charge in [-0.1, -0.05) is 6.04 Å². The zero-order chi connectivity index (χ0) is 11.2. The van der Waals surface area contributed by atoms with Gasteiger partial charge >= 0.3 is 6.03 Å². The van der Waals surface area contributed by atoms with Gasteiger partial charge in [-0.05, 0) is 31.7 Å². The Morgan fingerprint density at radius 1 is 1.64 bits per heavy atom. The number of nitrogens with two attached hydrogens (primary N) is 1. The van der Waals surface area contributed by atoms with Gasteiger partial charge in [0.1, 0.15) is 10.5 Å². The van der Waals surface area contributed by atoms with Gasteiger partial charge in [0.15, 0.2) is 0 Å². The van der Waals surface area contributed by atoms with E-state index in [1.807, 2.05) is 6.92 Å². The highest BCUT2D eigenvalue weighted by Gasteiger charge is 1.90. The monoisotopic (exact) mass is 268 g/mol. The number of nitrogens with one attached hydrogen (secondary N) is 1. The molecule has 0 saturated heterocycles. The van der Waals surface area contributed by atoms with E-state index in [9.17, 15) is 4.79 Å². The molecule has 0 aromatic rings. The number of rotatable bonds is 6. The molecule has 0 fully saturated rings. The molecule has 0 aliphatic carbocycles. The molecule has 0 rings (SSSR count). The molecule has 0 heterocycles. The Balaban J connectivity index is 0. The van der Waals surface area contributed by atoms with Crippen LogP contribution in [0.1, 0.15) is 13.3 Å². The van der Waals surface area contributed by atoms with Gasteiger partial charge in [0, 0.05) is 22.2 Å². The van der Waals surface area contributed by atoms with Gasteiger partial charge in [-0.25, -0.2) is 4.79 Å². The molecule has 0 saturated carbocycles. The largest absolute Gasteiger partial charge is 0.428 e. The lowest BCUT2D eigenvalue weighted by Crippen LogP contribution is -2.30. The number of carbonyl (C=O) groups is 1. The van der Waals surface area contributed by atoms with Crippen molar-refractivity contribution >= 4 is 43.9 Å². The summed E-state index contributed by atoms with van der Waals surface area (Å²) in [5.41, 5.74) is 4.88. The zero-order valence-corrected chi connectivity index (χ0v) is 16.5. The van der Waals surface area contributed by atoms with E-state index in [0.717, 1.165) is 30.1 Å². The summed E-state index contributed by atoms with van der Waals surface area (Å²) in [4.78, 5) is 10.2. The number of amides is 2. The summed E-state index contributed by atoms with van der Waals surface area (Å²) >= 11 is 0. The first kappa shape index (κ1) is 16.5. The Hall–Kier alpha value is 0.0975. The normalized spacial score (nSPS) is 10.9. The number of carbonyl (C=O) groups excluding carboxylic acids is 1. The average Bonchev–Trinajstić information content (AvgIpc) is 2.18. The fourth-order valence-electron chi connectivity index (χ4n) is 0.763. The van der Waals surface area contributed by atoms with Crippen molar-refractivity contribution in [2.24, 2.45) is 5.73 Å². The Kier molecular flexibility index (Phi) is 18.4. The lowest BCUT2D eigenvalue weighted by Gasteiger charge is -1.98. The quantitative estimate of drug-likeness (QED) is 0.385. The predicted octanol–water partition coefficient (Wildman–Crippen LogP) is -3.70. The molecule has 2 amide bonds. The Labute approximate surface area is 96.9 Å². The average molecular weight is 269 g/mol. The molecule has 0 radical (unpaired) electrons. The number of hydrogen-bond donors (Lipinski definition) is 2. The summed E-state index contributed by atoms with van der Waals surface area (Å²) in [5.74, 6) is 0. The minimum absolute atomic E-state index is 0.384. The molecule has 0 aliphatic rings. The SMILES string of the molecule is CCO[SiH3].NC(=O)NCCC[SiH2][SiH2][SiH3]. The third-order valence-corrected chi connectivity index (χ3v) is 13.9. The maximum Gasteiger partial charge on any atom is 0.312 e. The predicted molar refractivity (Wildman–Crippen MR) is 75.6 cm³/mol. The third-order valence-electron chi connectivity index (χ3n) is 1.62. The van der Waals surface area contributed by atoms with E-state index >= 15 is 0 Å². The van der Waals surface area contributed by atoms with Crippen LogP contribution in [0, 0.1) is 0 Å². The second-order valence-electron chi connectivity index (χ2n) is 2.93. The van der Waals surface area contributed by atoms with Crippen LogP contribution in [0.15, 0.2) is 0 Å². The van der Waals surface area contributed by atoms with Crippen LogP contribution in [0.2, 0.25) is 6.04 Å². The maximum atomic E-state index is 10.2. The van der Waals surface area contributed by atoms with Crippen molar-refractivity contribution in [1.29, 1.82) is 0 Å². The molecule has 0 atom stereocenters. The summed E-state index contributed by atoms with van der Waals surface area (Å²) in [6, 6.07) is 1.03. The second-order valence-corrected chi connectivity index (χ2v) is 20.0. The maximum absolute atomic E-state index is 10.2. The van der Waals surface area contributed by atoms with Crippen LogP contribution in [-0.4, -0.2) is 57.0 Å². The van der Waals surface area contributed by atoms with Crippen molar-refractivity contribution in [2.45, 2.75) is 19.4 Å². The van der Waals surface area contributed by atoms with Gasteiger partial charge in [0.05, 0.1) is 0 Å². The molecule has 0 unspecified atom stereocenters. The second kappa shape index (κ2) is 15.6. The van der Waals surface area contributed by atoms with Gasteiger partial charge in [-0.3, -0.25) is 0 Å². The number of urea groups is 1. The van der Waals surface area contributed by atoms with Crippen molar-refractivity contribution in [3.8, 4) is 0 Å². The minimum atomic E-state index is -0.384. The molecule has 0 aliphatic heterocycles. The van der Waals surface area contributed by atoms with Crippen LogP contribution in [-0.2, 0) is 4.43 Å². The topological polar surface area (TPSA) is 64.3 Å². The summed E-state index contributed by atoms with van der Waals surface area (Å²) in [6.45, 7) is 3.66. The van der Waals surface area contributed by atoms with Crippen molar-refractivity contribution in [1.82, 2.24) is 5.32 Å². The summed E-state index contributed by atoms with van der Waals surface area (Å²) in [7, 11) is 3.27. The van der Waals surface area contributed by atoms with Gasteiger partial charge in [-0.2, -0.15) is 0 Å². The van der Waals surface area contributed by atoms with E-state index in [2.05, 4.69) is 9.74 Å². The fraction of sp³-hybridized carbons (Fsp3) is 0.833. The first-order valence-electron chi connectivity index (χ1n) is 5.21. The van der Waals surface area contributed by atoms with Crippen LogP contribution in [0.25, 0.3) is 0 Å². The highest BCUT2D eigenvalue weighted by molar-refractivity contribution is 7.23. The number of hydrogen-bond acceptors (Lipinski definition) is 2. The molecule has 3 N–H and O–H groups in total. The molecular weight excluding hydrogens is 244 g/mol. The summed E-state index contributed by atoms with van der Waals surface area (Å²) in [6.07, 6.45) is 1.16. The lowest BCUT2D eigenvalue weighted by molar-refractivity contribution is 0.249. The van der Waals surface area contributed by atoms with Gasteiger partial charge in [-0.15, -0.1) is 0 Å². The Morgan fingerprint density at radius 3 is 2.57 bits per heavy atom. The highest BCUT2D eigenvalue weighted by Crippen LogP contribution is 1.83. The first-order valence-corrected chi connectivity index (χ1v) is 16.7. The molecule has 86 valence electrons. The van der Waals surface area contributed by atoms with Crippen molar-refractivity contribution in [3.63, 3.8) is 0 Å². The molecular formula is C6H24N2O2Si4. The Bertz CT molecular complexity index is 126. The van der Waals surface area contributed by atoms with Crippen LogP contribution in [0.3, 0.4) is 0 Å². The standard InChI is InChI=1S/C4H16N2OSi3.C2H8OSi/c5-4(7)6-2-1-3-9-10-8;1-2-3-4/h1-3,9-10H2,8H3,(H3,5,6,7);2H2,1,4H3. The van der Waals surface area contributed by atoms with Gasteiger partial charge in [0.2, 0.25) is 0 Å². The number of primary amides is 1. The van der Waals surface area contributed by atoms with Crippen LogP contribution in [0.4, 0.5) is 4.79 Å². The smallest absolute Gasteiger partial charge is 0.312 e. The third kappa shape index (κ3) is 22.7. The lowest BCUT2D eigenvalue weighted by atomic mass is 10.5. The van der Waals surface area contributed by atoms with Crippen molar-refractivity contribution in [2.75, 3.05) is 13.2 Å². The Morgan fingerprint density at radius 2 is 2.21 bits per heavy atom. The van der Waals surface area contributed by atoms with Crippen LogP contribution >= 0.6 is 0 Å². The molecule has 0 aromatic carbocycles. The molecule has 14 heavy (non-hydrogen) atoms. The van der Waals surface area contributed by atoms with E-state index < -0.39 is 0 Å². The fourth-order valence-corrected chi connectivity index (χ4v) is 8.93. The molecule has 0 bridgehead atoms. The molecule has 0 spiro atoms. The van der Waals surface area contributed by atoms with Crippen molar-refractivity contribution in [3.05, 3.63) is 0 Å². The van der Waals surface area contributed by atoms with E-state index in [0.29, 0.717) is 17.6 Å². The summed E-state index contributed by atoms with van der Waals surface area (Å²) < 4.78 is 4.68. The zero-order valence-electron chi connectivity index (χ0n) is 9.64. The molecule has 8 heteroatoms. The van der Waals surface area contributed by atoms with Crippen molar-refractivity contribution < 1.29 is 9.22 Å². The van der Waals surface area contributed by atoms with Gasteiger partial charge < -0.3 is 15.5 Å². The summed E-state index contributed by atoms with van der Waals surface area (Å²) in [5, 5.41) is 2.59. The highest BCUT2D eigenvalue weighted by atomic mass is 29.5. The van der Waals surface area contributed by atoms with E-state index in [4.69, 9.17) is 5.73 Å². The van der Waals surface area contributed by atoms with Crippen LogP contribution in [0.5, 0.6) is 0 Å². The van der Waals surface area contributed by atoms with E-state index in [-0.39, 0.29) is 6.03 Å². The first-order chi connectivity index (χ1) is 6.68. The van der Waals surface area contributed by atoms with Crippen LogP contribution < -0.4 is 11.1 Å². The molecule has 4 nitrogen and oxygen atoms in total. The van der Waals surface area contributed by atoms with E-state index in [1.54, 1.807) is 0 Å². The van der Waals surface area contributed by atoms with E-state index in [1.165, 1.54) is 15.8 Å².